The molecule has 3 aromatic carbocycles. The molecule has 0 aliphatic rings. The third-order valence-corrected chi connectivity index (χ3v) is 6.04. The van der Waals surface area contributed by atoms with E-state index < -0.39 is 0 Å². The first-order valence-corrected chi connectivity index (χ1v) is 11.7. The Hall–Kier alpha value is -3.29. The molecule has 0 aliphatic carbocycles. The van der Waals surface area contributed by atoms with Crippen molar-refractivity contribution in [3.05, 3.63) is 95.0 Å². The summed E-state index contributed by atoms with van der Waals surface area (Å²) < 4.78 is 5.50. The van der Waals surface area contributed by atoms with E-state index in [0.29, 0.717) is 16.5 Å². The van der Waals surface area contributed by atoms with Crippen LogP contribution in [0.4, 0.5) is 5.69 Å². The van der Waals surface area contributed by atoms with Crippen LogP contribution in [0.2, 0.25) is 5.02 Å². The van der Waals surface area contributed by atoms with Gasteiger partial charge < -0.3 is 10.1 Å². The minimum absolute atomic E-state index is 0.146. The minimum atomic E-state index is -0.310. The van der Waals surface area contributed by atoms with Gasteiger partial charge in [-0.15, -0.1) is 11.8 Å². The predicted molar refractivity (Wildman–Crippen MR) is 135 cm³/mol. The molecule has 0 saturated heterocycles. The molecule has 1 atom stereocenters. The Bertz CT molecular complexity index is 1090. The molecule has 0 heterocycles. The van der Waals surface area contributed by atoms with Gasteiger partial charge in [-0.3, -0.25) is 9.59 Å². The number of ether oxygens (including phenoxy) is 1. The quantitative estimate of drug-likeness (QED) is 0.311. The first kappa shape index (κ1) is 24.4. The third-order valence-electron chi connectivity index (χ3n) is 4.50. The van der Waals surface area contributed by atoms with Crippen LogP contribution in [0.1, 0.15) is 18.1 Å². The Kier molecular flexibility index (Phi) is 9.35. The van der Waals surface area contributed by atoms with Crippen LogP contribution in [0.3, 0.4) is 0 Å². The number of halogens is 1. The van der Waals surface area contributed by atoms with Crippen LogP contribution in [-0.4, -0.2) is 29.9 Å². The molecule has 0 spiro atoms. The summed E-state index contributed by atoms with van der Waals surface area (Å²) in [4.78, 5) is 24.2. The van der Waals surface area contributed by atoms with E-state index in [1.807, 2.05) is 37.3 Å². The summed E-state index contributed by atoms with van der Waals surface area (Å²) >= 11 is 7.58. The zero-order valence-electron chi connectivity index (χ0n) is 18.0. The monoisotopic (exact) mass is 481 g/mol. The number of hydrazone groups is 1. The van der Waals surface area contributed by atoms with E-state index in [4.69, 9.17) is 16.3 Å². The SMILES string of the molecule is C[C@H](SCc1ccccc1)C(=O)N/N=C\c1ccc(OCC(=O)Nc2ccccc2Cl)cc1. The van der Waals surface area contributed by atoms with Crippen LogP contribution in [-0.2, 0) is 15.3 Å². The number of para-hydroxylation sites is 1. The molecule has 6 nitrogen and oxygen atoms in total. The number of benzene rings is 3. The highest BCUT2D eigenvalue weighted by molar-refractivity contribution is 7.99. The number of anilines is 1. The second-order valence-electron chi connectivity index (χ2n) is 7.06. The number of nitrogens with one attached hydrogen (secondary N) is 2. The summed E-state index contributed by atoms with van der Waals surface area (Å²) in [5.41, 5.74) is 5.06. The normalized spacial score (nSPS) is 11.7. The Labute approximate surface area is 202 Å². The summed E-state index contributed by atoms with van der Waals surface area (Å²) in [6.07, 6.45) is 1.56. The van der Waals surface area contributed by atoms with Crippen molar-refractivity contribution in [2.24, 2.45) is 5.10 Å². The summed E-state index contributed by atoms with van der Waals surface area (Å²) in [6, 6.07) is 24.0. The van der Waals surface area contributed by atoms with Gasteiger partial charge in [-0.1, -0.05) is 54.1 Å². The second kappa shape index (κ2) is 12.7. The van der Waals surface area contributed by atoms with Gasteiger partial charge in [-0.25, -0.2) is 5.43 Å². The van der Waals surface area contributed by atoms with Gasteiger partial charge in [0.05, 0.1) is 22.2 Å². The highest BCUT2D eigenvalue weighted by Gasteiger charge is 2.12. The lowest BCUT2D eigenvalue weighted by Crippen LogP contribution is -2.26. The zero-order valence-corrected chi connectivity index (χ0v) is 19.6. The molecule has 0 radical (unpaired) electrons. The van der Waals surface area contributed by atoms with Crippen molar-refractivity contribution in [2.45, 2.75) is 17.9 Å². The van der Waals surface area contributed by atoms with Crippen LogP contribution in [0.25, 0.3) is 0 Å². The molecule has 0 fully saturated rings. The second-order valence-corrected chi connectivity index (χ2v) is 8.80. The van der Waals surface area contributed by atoms with Gasteiger partial charge in [0.1, 0.15) is 5.75 Å². The van der Waals surface area contributed by atoms with Crippen LogP contribution >= 0.6 is 23.4 Å². The first-order chi connectivity index (χ1) is 16.0. The smallest absolute Gasteiger partial charge is 0.262 e. The highest BCUT2D eigenvalue weighted by atomic mass is 35.5. The molecule has 0 aliphatic heterocycles. The van der Waals surface area contributed by atoms with Gasteiger partial charge in [0.25, 0.3) is 11.8 Å². The number of nitrogens with zero attached hydrogens (tertiary/aromatic N) is 1. The van der Waals surface area contributed by atoms with Gasteiger partial charge >= 0.3 is 0 Å². The number of hydrogen-bond donors (Lipinski definition) is 2. The molecule has 2 N–H and O–H groups in total. The number of carbonyl (C=O) groups is 2. The molecule has 0 unspecified atom stereocenters. The average Bonchev–Trinajstić information content (AvgIpc) is 2.84. The van der Waals surface area contributed by atoms with E-state index in [0.717, 1.165) is 11.3 Å². The van der Waals surface area contributed by atoms with Crippen molar-refractivity contribution < 1.29 is 14.3 Å². The zero-order chi connectivity index (χ0) is 23.5. The topological polar surface area (TPSA) is 79.8 Å². The molecule has 3 aromatic rings. The third kappa shape index (κ3) is 8.29. The van der Waals surface area contributed by atoms with E-state index in [9.17, 15) is 9.59 Å². The largest absolute Gasteiger partial charge is 0.484 e. The molecular formula is C25H24ClN3O3S. The van der Waals surface area contributed by atoms with Gasteiger partial charge in [0, 0.05) is 5.75 Å². The lowest BCUT2D eigenvalue weighted by Gasteiger charge is -2.09. The van der Waals surface area contributed by atoms with E-state index in [-0.39, 0.29) is 23.7 Å². The number of rotatable bonds is 10. The van der Waals surface area contributed by atoms with Crippen molar-refractivity contribution in [3.8, 4) is 5.75 Å². The van der Waals surface area contributed by atoms with Gasteiger partial charge in [0.2, 0.25) is 0 Å². The fourth-order valence-corrected chi connectivity index (χ4v) is 3.70. The van der Waals surface area contributed by atoms with E-state index in [1.54, 1.807) is 66.5 Å². The number of carbonyl (C=O) groups excluding carboxylic acids is 2. The van der Waals surface area contributed by atoms with Gasteiger partial charge in [-0.2, -0.15) is 5.10 Å². The van der Waals surface area contributed by atoms with Crippen molar-refractivity contribution in [3.63, 3.8) is 0 Å². The van der Waals surface area contributed by atoms with Crippen LogP contribution in [0.5, 0.6) is 5.75 Å². The Morgan fingerprint density at radius 2 is 1.73 bits per heavy atom. The van der Waals surface area contributed by atoms with Crippen LogP contribution in [0, 0.1) is 0 Å². The molecule has 8 heteroatoms. The summed E-state index contributed by atoms with van der Waals surface area (Å²) in [5, 5.41) is 6.96. The predicted octanol–water partition coefficient (Wildman–Crippen LogP) is 5.13. The van der Waals surface area contributed by atoms with E-state index in [1.165, 1.54) is 5.56 Å². The highest BCUT2D eigenvalue weighted by Crippen LogP contribution is 2.20. The van der Waals surface area contributed by atoms with Crippen LogP contribution in [0.15, 0.2) is 84.0 Å². The Morgan fingerprint density at radius 1 is 1.03 bits per heavy atom. The average molecular weight is 482 g/mol. The van der Waals surface area contributed by atoms with Crippen molar-refractivity contribution >= 4 is 47.1 Å². The van der Waals surface area contributed by atoms with Crippen molar-refractivity contribution in [2.75, 3.05) is 11.9 Å². The molecule has 33 heavy (non-hydrogen) atoms. The van der Waals surface area contributed by atoms with E-state index >= 15 is 0 Å². The lowest BCUT2D eigenvalue weighted by atomic mass is 10.2. The molecule has 170 valence electrons. The minimum Gasteiger partial charge on any atom is -0.484 e. The van der Waals surface area contributed by atoms with Crippen LogP contribution < -0.4 is 15.5 Å². The maximum absolute atomic E-state index is 12.2. The fraction of sp³-hybridized carbons (Fsp3) is 0.160. The van der Waals surface area contributed by atoms with Gasteiger partial charge in [-0.05, 0) is 54.4 Å². The first-order valence-electron chi connectivity index (χ1n) is 10.3. The molecule has 3 rings (SSSR count). The summed E-state index contributed by atoms with van der Waals surface area (Å²) in [6.45, 7) is 1.71. The molecular weight excluding hydrogens is 458 g/mol. The maximum atomic E-state index is 12.2. The van der Waals surface area contributed by atoms with Gasteiger partial charge in [0.15, 0.2) is 6.61 Å². The Morgan fingerprint density at radius 3 is 2.45 bits per heavy atom. The Balaban J connectivity index is 1.40. The summed E-state index contributed by atoms with van der Waals surface area (Å²) in [7, 11) is 0. The standard InChI is InChI=1S/C25H24ClN3O3S/c1-18(33-17-20-7-3-2-4-8-20)25(31)29-27-15-19-11-13-21(14-12-19)32-16-24(30)28-23-10-6-5-9-22(23)26/h2-15,18H,16-17H2,1H3,(H,28,30)(H,29,31)/b27-15-/t18-/m0/s1. The number of hydrogen-bond acceptors (Lipinski definition) is 5. The van der Waals surface area contributed by atoms with Crippen molar-refractivity contribution in [1.82, 2.24) is 5.43 Å². The fourth-order valence-electron chi connectivity index (χ4n) is 2.68. The molecule has 0 saturated carbocycles. The number of thioether (sulfide) groups is 1. The lowest BCUT2D eigenvalue weighted by molar-refractivity contribution is -0.120. The molecule has 2 amide bonds. The molecule has 0 aromatic heterocycles. The summed E-state index contributed by atoms with van der Waals surface area (Å²) in [5.74, 6) is 0.834. The number of amides is 2. The molecule has 0 bridgehead atoms. The maximum Gasteiger partial charge on any atom is 0.262 e. The van der Waals surface area contributed by atoms with Crippen molar-refractivity contribution in [1.29, 1.82) is 0 Å². The van der Waals surface area contributed by atoms with E-state index in [2.05, 4.69) is 15.8 Å².